The Balaban J connectivity index is 1.57. The third-order valence-electron chi connectivity index (χ3n) is 4.72. The van der Waals surface area contributed by atoms with Crippen molar-refractivity contribution in [1.29, 1.82) is 0 Å². The van der Waals surface area contributed by atoms with E-state index in [4.69, 9.17) is 5.73 Å². The van der Waals surface area contributed by atoms with Crippen LogP contribution in [0.4, 0.5) is 14.5 Å². The Labute approximate surface area is 168 Å². The number of rotatable bonds is 6. The van der Waals surface area contributed by atoms with Gasteiger partial charge in [0, 0.05) is 44.4 Å². The number of nitrogens with zero attached hydrogens (tertiary/aromatic N) is 3. The van der Waals surface area contributed by atoms with Crippen molar-refractivity contribution in [2.24, 2.45) is 10.8 Å². The fraction of sp³-hybridized carbons (Fsp3) is 0.300. The third kappa shape index (κ3) is 5.46. The van der Waals surface area contributed by atoms with Gasteiger partial charge in [-0.25, -0.2) is 8.78 Å². The van der Waals surface area contributed by atoms with Crippen LogP contribution in [0.25, 0.3) is 0 Å². The van der Waals surface area contributed by atoms with Gasteiger partial charge in [-0.1, -0.05) is 30.3 Å². The molecule has 2 aromatic rings. The molecule has 0 radical (unpaired) electrons. The molecule has 148 valence electrons. The smallest absolute Gasteiger partial charge is 0.184 e. The normalized spacial score (nSPS) is 15.1. The number of piperazine rings is 1. The molecule has 0 amide bonds. The van der Waals surface area contributed by atoms with E-state index in [9.17, 15) is 8.78 Å². The standard InChI is InChI=1S/C20H23F2N5S/c21-17-13-19(18(22)12-16(17)14-24-25-20(23)28)27-10-8-26(9-11-27)7-6-15-4-2-1-3-5-15/h1-5,12-14H,6-11H2,(H3,23,25,28). The molecule has 0 atom stereocenters. The van der Waals surface area contributed by atoms with Crippen molar-refractivity contribution in [2.45, 2.75) is 6.42 Å². The Morgan fingerprint density at radius 3 is 2.50 bits per heavy atom. The Morgan fingerprint density at radius 1 is 1.11 bits per heavy atom. The van der Waals surface area contributed by atoms with Crippen molar-refractivity contribution in [3.05, 3.63) is 65.2 Å². The molecule has 2 aromatic carbocycles. The fourth-order valence-corrected chi connectivity index (χ4v) is 3.26. The van der Waals surface area contributed by atoms with E-state index in [2.05, 4.69) is 39.8 Å². The Bertz CT molecular complexity index is 836. The van der Waals surface area contributed by atoms with E-state index in [1.807, 2.05) is 23.1 Å². The first-order chi connectivity index (χ1) is 13.5. The number of halogens is 2. The van der Waals surface area contributed by atoms with Crippen LogP contribution in [0, 0.1) is 11.6 Å². The number of benzene rings is 2. The maximum atomic E-state index is 14.5. The maximum Gasteiger partial charge on any atom is 0.184 e. The average molecular weight is 404 g/mol. The molecule has 0 aliphatic carbocycles. The second-order valence-corrected chi connectivity index (χ2v) is 7.06. The van der Waals surface area contributed by atoms with Gasteiger partial charge in [-0.2, -0.15) is 5.10 Å². The number of nitrogens with one attached hydrogen (secondary N) is 1. The van der Waals surface area contributed by atoms with Gasteiger partial charge < -0.3 is 10.6 Å². The molecule has 0 saturated carbocycles. The molecule has 3 rings (SSSR count). The average Bonchev–Trinajstić information content (AvgIpc) is 2.70. The first kappa shape index (κ1) is 20.2. The molecule has 1 aliphatic heterocycles. The van der Waals surface area contributed by atoms with Crippen molar-refractivity contribution >= 4 is 29.2 Å². The molecule has 1 heterocycles. The lowest BCUT2D eigenvalue weighted by molar-refractivity contribution is 0.260. The van der Waals surface area contributed by atoms with Gasteiger partial charge in [0.25, 0.3) is 0 Å². The molecule has 1 aliphatic rings. The Hall–Kier alpha value is -2.58. The summed E-state index contributed by atoms with van der Waals surface area (Å²) in [5.74, 6) is -1.02. The van der Waals surface area contributed by atoms with Gasteiger partial charge in [-0.05, 0) is 30.3 Å². The maximum absolute atomic E-state index is 14.5. The zero-order chi connectivity index (χ0) is 19.9. The highest BCUT2D eigenvalue weighted by Gasteiger charge is 2.21. The van der Waals surface area contributed by atoms with E-state index < -0.39 is 11.6 Å². The highest BCUT2D eigenvalue weighted by atomic mass is 32.1. The van der Waals surface area contributed by atoms with Crippen LogP contribution < -0.4 is 16.1 Å². The zero-order valence-corrected chi connectivity index (χ0v) is 16.3. The number of nitrogens with two attached hydrogens (primary N) is 1. The van der Waals surface area contributed by atoms with Crippen molar-refractivity contribution in [3.63, 3.8) is 0 Å². The molecule has 1 saturated heterocycles. The van der Waals surface area contributed by atoms with Gasteiger partial charge in [-0.3, -0.25) is 10.3 Å². The number of hydrazone groups is 1. The zero-order valence-electron chi connectivity index (χ0n) is 15.4. The van der Waals surface area contributed by atoms with Crippen LogP contribution in [0.5, 0.6) is 0 Å². The number of anilines is 1. The SMILES string of the molecule is NC(=S)NN=Cc1cc(F)c(N2CCN(CCc3ccccc3)CC2)cc1F. The summed E-state index contributed by atoms with van der Waals surface area (Å²) in [5, 5.41) is 3.63. The van der Waals surface area contributed by atoms with Gasteiger partial charge >= 0.3 is 0 Å². The lowest BCUT2D eigenvalue weighted by atomic mass is 10.1. The van der Waals surface area contributed by atoms with E-state index in [0.29, 0.717) is 13.1 Å². The topological polar surface area (TPSA) is 56.9 Å². The van der Waals surface area contributed by atoms with E-state index in [0.717, 1.165) is 38.3 Å². The second-order valence-electron chi connectivity index (χ2n) is 6.62. The summed E-state index contributed by atoms with van der Waals surface area (Å²) in [7, 11) is 0. The van der Waals surface area contributed by atoms with Crippen LogP contribution >= 0.6 is 12.2 Å². The Morgan fingerprint density at radius 2 is 1.82 bits per heavy atom. The van der Waals surface area contributed by atoms with Gasteiger partial charge in [0.15, 0.2) is 5.11 Å². The summed E-state index contributed by atoms with van der Waals surface area (Å²) < 4.78 is 28.8. The van der Waals surface area contributed by atoms with E-state index in [-0.39, 0.29) is 16.4 Å². The highest BCUT2D eigenvalue weighted by Crippen LogP contribution is 2.24. The summed E-state index contributed by atoms with van der Waals surface area (Å²) in [4.78, 5) is 4.23. The van der Waals surface area contributed by atoms with Gasteiger partial charge in [0.1, 0.15) is 11.6 Å². The first-order valence-electron chi connectivity index (χ1n) is 9.11. The third-order valence-corrected chi connectivity index (χ3v) is 4.81. The number of hydrogen-bond acceptors (Lipinski definition) is 4. The summed E-state index contributed by atoms with van der Waals surface area (Å²) in [6.07, 6.45) is 2.14. The molecule has 28 heavy (non-hydrogen) atoms. The number of hydrogen-bond donors (Lipinski definition) is 2. The van der Waals surface area contributed by atoms with Crippen LogP contribution in [0.3, 0.4) is 0 Å². The van der Waals surface area contributed by atoms with E-state index in [1.165, 1.54) is 11.6 Å². The van der Waals surface area contributed by atoms with Gasteiger partial charge in [0.2, 0.25) is 0 Å². The van der Waals surface area contributed by atoms with Crippen molar-refractivity contribution in [3.8, 4) is 0 Å². The molecule has 0 spiro atoms. The van der Waals surface area contributed by atoms with Crippen LogP contribution in [0.2, 0.25) is 0 Å². The molecule has 0 aromatic heterocycles. The van der Waals surface area contributed by atoms with Crippen LogP contribution in [0.1, 0.15) is 11.1 Å². The molecule has 1 fully saturated rings. The molecule has 0 bridgehead atoms. The first-order valence-corrected chi connectivity index (χ1v) is 9.52. The minimum absolute atomic E-state index is 0.0338. The monoisotopic (exact) mass is 403 g/mol. The number of thiocarbonyl (C=S) groups is 1. The summed E-state index contributed by atoms with van der Waals surface area (Å²) in [5.41, 5.74) is 9.18. The van der Waals surface area contributed by atoms with Gasteiger partial charge in [0.05, 0.1) is 11.9 Å². The van der Waals surface area contributed by atoms with Crippen LogP contribution in [-0.2, 0) is 6.42 Å². The summed E-state index contributed by atoms with van der Waals surface area (Å²) in [6, 6.07) is 12.7. The van der Waals surface area contributed by atoms with Gasteiger partial charge in [-0.15, -0.1) is 0 Å². The van der Waals surface area contributed by atoms with Crippen molar-refractivity contribution in [2.75, 3.05) is 37.6 Å². The lowest BCUT2D eigenvalue weighted by Crippen LogP contribution is -2.47. The molecule has 0 unspecified atom stereocenters. The highest BCUT2D eigenvalue weighted by molar-refractivity contribution is 7.80. The van der Waals surface area contributed by atoms with Crippen molar-refractivity contribution < 1.29 is 8.78 Å². The van der Waals surface area contributed by atoms with Crippen LogP contribution in [0.15, 0.2) is 47.6 Å². The van der Waals surface area contributed by atoms with Crippen molar-refractivity contribution in [1.82, 2.24) is 10.3 Å². The lowest BCUT2D eigenvalue weighted by Gasteiger charge is -2.36. The minimum atomic E-state index is -0.545. The predicted molar refractivity (Wildman–Crippen MR) is 113 cm³/mol. The van der Waals surface area contributed by atoms with E-state index in [1.54, 1.807) is 0 Å². The largest absolute Gasteiger partial charge is 0.375 e. The Kier molecular flexibility index (Phi) is 6.89. The molecular weight excluding hydrogens is 380 g/mol. The molecular formula is C20H23F2N5S. The quantitative estimate of drug-likeness (QED) is 0.441. The molecule has 5 nitrogen and oxygen atoms in total. The minimum Gasteiger partial charge on any atom is -0.375 e. The van der Waals surface area contributed by atoms with E-state index >= 15 is 0 Å². The molecule has 8 heteroatoms. The summed E-state index contributed by atoms with van der Waals surface area (Å²) >= 11 is 4.61. The summed E-state index contributed by atoms with van der Waals surface area (Å²) in [6.45, 7) is 3.90. The van der Waals surface area contributed by atoms with Crippen LogP contribution in [-0.4, -0.2) is 49.0 Å². The fourth-order valence-electron chi connectivity index (χ4n) is 3.20. The molecule has 3 N–H and O–H groups in total. The second kappa shape index (κ2) is 9.57. The predicted octanol–water partition coefficient (Wildman–Crippen LogP) is 2.50.